The average molecular weight is 175 g/mol. The first-order valence-corrected chi connectivity index (χ1v) is 4.45. The molecule has 0 aliphatic rings. The monoisotopic (exact) mass is 175 g/mol. The summed E-state index contributed by atoms with van der Waals surface area (Å²) in [6.45, 7) is 7.51. The first kappa shape index (κ1) is 11.9. The van der Waals surface area contributed by atoms with Crippen LogP contribution in [0.4, 0.5) is 0 Å². The lowest BCUT2D eigenvalue weighted by molar-refractivity contribution is -0.0188. The number of hydrogen-bond donors (Lipinski definition) is 2. The molecule has 0 amide bonds. The van der Waals surface area contributed by atoms with Crippen LogP contribution >= 0.6 is 0 Å². The summed E-state index contributed by atoms with van der Waals surface area (Å²) in [6, 6.07) is 0. The van der Waals surface area contributed by atoms with Crippen molar-refractivity contribution in [1.29, 1.82) is 0 Å². The third-order valence-electron chi connectivity index (χ3n) is 1.91. The maximum atomic E-state index is 9.50. The SMILES string of the molecule is CCNCC(O)CC(C)(C)OC. The molecule has 0 rings (SSSR count). The highest BCUT2D eigenvalue weighted by molar-refractivity contribution is 4.74. The van der Waals surface area contributed by atoms with Crippen LogP contribution in [-0.4, -0.2) is 37.0 Å². The van der Waals surface area contributed by atoms with Gasteiger partial charge in [-0.2, -0.15) is 0 Å². The lowest BCUT2D eigenvalue weighted by Gasteiger charge is -2.25. The fraction of sp³-hybridized carbons (Fsp3) is 1.00. The summed E-state index contributed by atoms with van der Waals surface area (Å²) in [6.07, 6.45) is 0.344. The Morgan fingerprint density at radius 3 is 2.50 bits per heavy atom. The van der Waals surface area contributed by atoms with Gasteiger partial charge in [0.15, 0.2) is 0 Å². The predicted molar refractivity (Wildman–Crippen MR) is 50.3 cm³/mol. The molecular formula is C9H21NO2. The van der Waals surface area contributed by atoms with Crippen LogP contribution in [-0.2, 0) is 4.74 Å². The summed E-state index contributed by atoms with van der Waals surface area (Å²) in [5.74, 6) is 0. The molecule has 0 saturated heterocycles. The normalized spacial score (nSPS) is 14.8. The van der Waals surface area contributed by atoms with Gasteiger partial charge in [-0.05, 0) is 20.4 Å². The molecule has 0 aliphatic carbocycles. The third kappa shape index (κ3) is 5.52. The zero-order valence-corrected chi connectivity index (χ0v) is 8.55. The van der Waals surface area contributed by atoms with Crippen molar-refractivity contribution in [3.63, 3.8) is 0 Å². The van der Waals surface area contributed by atoms with Gasteiger partial charge in [0, 0.05) is 20.1 Å². The molecule has 1 atom stereocenters. The van der Waals surface area contributed by atoms with E-state index in [0.717, 1.165) is 6.54 Å². The highest BCUT2D eigenvalue weighted by Crippen LogP contribution is 2.14. The van der Waals surface area contributed by atoms with E-state index in [4.69, 9.17) is 4.74 Å². The molecule has 0 aromatic rings. The summed E-state index contributed by atoms with van der Waals surface area (Å²) < 4.78 is 5.20. The number of methoxy groups -OCH3 is 1. The highest BCUT2D eigenvalue weighted by Gasteiger charge is 2.20. The lowest BCUT2D eigenvalue weighted by Crippen LogP contribution is -2.34. The van der Waals surface area contributed by atoms with Crippen LogP contribution in [0.5, 0.6) is 0 Å². The van der Waals surface area contributed by atoms with Crippen molar-refractivity contribution in [3.05, 3.63) is 0 Å². The molecule has 74 valence electrons. The topological polar surface area (TPSA) is 41.5 Å². The van der Waals surface area contributed by atoms with E-state index in [2.05, 4.69) is 5.32 Å². The van der Waals surface area contributed by atoms with Crippen LogP contribution in [0.15, 0.2) is 0 Å². The number of likely N-dealkylation sites (N-methyl/N-ethyl adjacent to an activating group) is 1. The van der Waals surface area contributed by atoms with Gasteiger partial charge in [-0.3, -0.25) is 0 Å². The Morgan fingerprint density at radius 2 is 2.08 bits per heavy atom. The Kier molecular flexibility index (Phi) is 5.46. The van der Waals surface area contributed by atoms with Crippen LogP contribution in [0.3, 0.4) is 0 Å². The summed E-state index contributed by atoms with van der Waals surface area (Å²) in [5, 5.41) is 12.6. The third-order valence-corrected chi connectivity index (χ3v) is 1.91. The first-order chi connectivity index (χ1) is 5.52. The standard InChI is InChI=1S/C9H21NO2/c1-5-10-7-8(11)6-9(2,3)12-4/h8,10-11H,5-7H2,1-4H3. The Hall–Kier alpha value is -0.120. The first-order valence-electron chi connectivity index (χ1n) is 4.45. The number of aliphatic hydroxyl groups excluding tert-OH is 1. The molecular weight excluding hydrogens is 154 g/mol. The van der Waals surface area contributed by atoms with Gasteiger partial charge in [-0.25, -0.2) is 0 Å². The van der Waals surface area contributed by atoms with Gasteiger partial charge in [-0.1, -0.05) is 6.92 Å². The van der Waals surface area contributed by atoms with Crippen LogP contribution in [0.2, 0.25) is 0 Å². The van der Waals surface area contributed by atoms with Crippen molar-refractivity contribution in [2.45, 2.75) is 38.9 Å². The number of rotatable bonds is 6. The van der Waals surface area contributed by atoms with E-state index < -0.39 is 0 Å². The van der Waals surface area contributed by atoms with E-state index in [9.17, 15) is 5.11 Å². The summed E-state index contributed by atoms with van der Waals surface area (Å²) >= 11 is 0. The van der Waals surface area contributed by atoms with Gasteiger partial charge in [0.25, 0.3) is 0 Å². The van der Waals surface area contributed by atoms with Crippen molar-refractivity contribution in [3.8, 4) is 0 Å². The Labute approximate surface area is 75.1 Å². The highest BCUT2D eigenvalue weighted by atomic mass is 16.5. The molecule has 0 saturated carbocycles. The van der Waals surface area contributed by atoms with Crippen molar-refractivity contribution in [1.82, 2.24) is 5.32 Å². The maximum absolute atomic E-state index is 9.50. The van der Waals surface area contributed by atoms with Gasteiger partial charge in [0.2, 0.25) is 0 Å². The molecule has 0 aromatic carbocycles. The molecule has 0 bridgehead atoms. The number of aliphatic hydroxyl groups is 1. The molecule has 3 nitrogen and oxygen atoms in total. The van der Waals surface area contributed by atoms with E-state index in [-0.39, 0.29) is 11.7 Å². The van der Waals surface area contributed by atoms with E-state index in [0.29, 0.717) is 13.0 Å². The minimum atomic E-state index is -0.320. The number of nitrogens with one attached hydrogen (secondary N) is 1. The van der Waals surface area contributed by atoms with Gasteiger partial charge in [0.1, 0.15) is 0 Å². The van der Waals surface area contributed by atoms with Gasteiger partial charge in [0.05, 0.1) is 11.7 Å². The zero-order chi connectivity index (χ0) is 9.61. The molecule has 3 heteroatoms. The smallest absolute Gasteiger partial charge is 0.0691 e. The number of hydrogen-bond acceptors (Lipinski definition) is 3. The summed E-state index contributed by atoms with van der Waals surface area (Å²) in [7, 11) is 1.67. The van der Waals surface area contributed by atoms with Gasteiger partial charge in [-0.15, -0.1) is 0 Å². The van der Waals surface area contributed by atoms with E-state index in [1.165, 1.54) is 0 Å². The lowest BCUT2D eigenvalue weighted by atomic mass is 10.0. The molecule has 2 N–H and O–H groups in total. The van der Waals surface area contributed by atoms with Gasteiger partial charge >= 0.3 is 0 Å². The average Bonchev–Trinajstić information content (AvgIpc) is 2.00. The molecule has 0 heterocycles. The maximum Gasteiger partial charge on any atom is 0.0691 e. The van der Waals surface area contributed by atoms with E-state index in [1.54, 1.807) is 7.11 Å². The van der Waals surface area contributed by atoms with Crippen LogP contribution in [0.1, 0.15) is 27.2 Å². The minimum Gasteiger partial charge on any atom is -0.392 e. The van der Waals surface area contributed by atoms with Crippen molar-refractivity contribution in [2.24, 2.45) is 0 Å². The van der Waals surface area contributed by atoms with Crippen molar-refractivity contribution >= 4 is 0 Å². The molecule has 0 spiro atoms. The molecule has 12 heavy (non-hydrogen) atoms. The molecule has 0 aliphatic heterocycles. The minimum absolute atomic E-state index is 0.227. The Bertz CT molecular complexity index is 115. The second-order valence-corrected chi connectivity index (χ2v) is 3.63. The molecule has 0 radical (unpaired) electrons. The summed E-state index contributed by atoms with van der Waals surface area (Å²) in [4.78, 5) is 0. The van der Waals surface area contributed by atoms with Crippen molar-refractivity contribution in [2.75, 3.05) is 20.2 Å². The number of ether oxygens (including phenoxy) is 1. The van der Waals surface area contributed by atoms with E-state index >= 15 is 0 Å². The molecule has 1 unspecified atom stereocenters. The quantitative estimate of drug-likeness (QED) is 0.626. The van der Waals surface area contributed by atoms with Crippen molar-refractivity contribution < 1.29 is 9.84 Å². The fourth-order valence-corrected chi connectivity index (χ4v) is 1.03. The summed E-state index contributed by atoms with van der Waals surface area (Å²) in [5.41, 5.74) is -0.227. The van der Waals surface area contributed by atoms with Crippen LogP contribution in [0, 0.1) is 0 Å². The van der Waals surface area contributed by atoms with Gasteiger partial charge < -0.3 is 15.2 Å². The zero-order valence-electron chi connectivity index (χ0n) is 8.55. The Morgan fingerprint density at radius 1 is 1.50 bits per heavy atom. The molecule has 0 fully saturated rings. The van der Waals surface area contributed by atoms with E-state index in [1.807, 2.05) is 20.8 Å². The predicted octanol–water partition coefficient (Wildman–Crippen LogP) is 0.772. The second kappa shape index (κ2) is 5.51. The largest absolute Gasteiger partial charge is 0.392 e. The Balaban J connectivity index is 3.60. The van der Waals surface area contributed by atoms with Crippen LogP contribution < -0.4 is 5.32 Å². The second-order valence-electron chi connectivity index (χ2n) is 3.63. The fourth-order valence-electron chi connectivity index (χ4n) is 1.03. The molecule has 0 aromatic heterocycles. The van der Waals surface area contributed by atoms with Crippen LogP contribution in [0.25, 0.3) is 0 Å².